The van der Waals surface area contributed by atoms with Crippen LogP contribution < -0.4 is 0 Å². The average molecular weight is 329 g/mol. The summed E-state index contributed by atoms with van der Waals surface area (Å²) in [6, 6.07) is 0. The third-order valence-corrected chi connectivity index (χ3v) is 9.51. The second-order valence-electron chi connectivity index (χ2n) is 8.12. The highest BCUT2D eigenvalue weighted by atomic mass is 28.4. The first-order valence-electron chi connectivity index (χ1n) is 8.03. The summed E-state index contributed by atoms with van der Waals surface area (Å²) in [5.74, 6) is 0.201. The molecule has 1 heterocycles. The molecule has 1 saturated heterocycles. The van der Waals surface area contributed by atoms with Crippen LogP contribution in [0.2, 0.25) is 18.1 Å². The molecule has 0 unspecified atom stereocenters. The zero-order valence-corrected chi connectivity index (χ0v) is 16.4. The van der Waals surface area contributed by atoms with Gasteiger partial charge in [0.1, 0.15) is 12.2 Å². The highest BCUT2D eigenvalue weighted by Gasteiger charge is 2.42. The molecule has 4 nitrogen and oxygen atoms in total. The van der Waals surface area contributed by atoms with E-state index in [1.54, 1.807) is 0 Å². The number of carbonyl (C=O) groups is 1. The van der Waals surface area contributed by atoms with Crippen LogP contribution in [0, 0.1) is 11.8 Å². The molecule has 128 valence electrons. The number of carbonyl (C=O) groups excluding carboxylic acids is 1. The van der Waals surface area contributed by atoms with Gasteiger partial charge in [-0.2, -0.15) is 0 Å². The first-order valence-corrected chi connectivity index (χ1v) is 10.9. The van der Waals surface area contributed by atoms with Gasteiger partial charge in [0.05, 0.1) is 0 Å². The van der Waals surface area contributed by atoms with Crippen molar-refractivity contribution in [2.75, 3.05) is 6.61 Å². The summed E-state index contributed by atoms with van der Waals surface area (Å²) in [5.41, 5.74) is 0.853. The van der Waals surface area contributed by atoms with Gasteiger partial charge in [0.15, 0.2) is 8.32 Å². The number of hydrogen-bond acceptors (Lipinski definition) is 4. The van der Waals surface area contributed by atoms with E-state index in [1.807, 2.05) is 13.8 Å². The summed E-state index contributed by atoms with van der Waals surface area (Å²) in [4.78, 5) is 11.7. The number of cyclic esters (lactones) is 2. The Kier molecular flexibility index (Phi) is 5.90. The van der Waals surface area contributed by atoms with Crippen molar-refractivity contribution < 1.29 is 18.7 Å². The van der Waals surface area contributed by atoms with Gasteiger partial charge in [-0.3, -0.25) is 0 Å². The van der Waals surface area contributed by atoms with Crippen molar-refractivity contribution in [2.45, 2.75) is 71.9 Å². The Bertz CT molecular complexity index is 425. The minimum atomic E-state index is -1.80. The molecule has 0 spiro atoms. The zero-order chi connectivity index (χ0) is 17.3. The summed E-state index contributed by atoms with van der Waals surface area (Å²) in [6.07, 6.45) is -1.08. The van der Waals surface area contributed by atoms with E-state index in [1.165, 1.54) is 0 Å². The Balaban J connectivity index is 2.73. The van der Waals surface area contributed by atoms with Crippen molar-refractivity contribution in [1.29, 1.82) is 0 Å². The molecule has 0 aliphatic carbocycles. The third-order valence-electron chi connectivity index (χ3n) is 5.01. The number of rotatable bonds is 5. The van der Waals surface area contributed by atoms with Crippen LogP contribution in [0.5, 0.6) is 0 Å². The predicted octanol–water partition coefficient (Wildman–Crippen LogP) is 4.76. The number of hydrogen-bond donors (Lipinski definition) is 0. The molecule has 5 heteroatoms. The van der Waals surface area contributed by atoms with E-state index in [9.17, 15) is 4.79 Å². The topological polar surface area (TPSA) is 44.8 Å². The Labute approximate surface area is 136 Å². The van der Waals surface area contributed by atoms with E-state index in [4.69, 9.17) is 13.9 Å². The van der Waals surface area contributed by atoms with Crippen LogP contribution in [-0.4, -0.2) is 33.3 Å². The van der Waals surface area contributed by atoms with E-state index < -0.39 is 14.5 Å². The fourth-order valence-corrected chi connectivity index (χ4v) is 3.58. The molecule has 4 atom stereocenters. The molecule has 0 bridgehead atoms. The van der Waals surface area contributed by atoms with Crippen molar-refractivity contribution in [1.82, 2.24) is 0 Å². The molecule has 1 aliphatic heterocycles. The first-order chi connectivity index (χ1) is 9.86. The van der Waals surface area contributed by atoms with Crippen LogP contribution in [0.25, 0.3) is 0 Å². The van der Waals surface area contributed by atoms with Gasteiger partial charge in [0, 0.05) is 18.4 Å². The van der Waals surface area contributed by atoms with Gasteiger partial charge in [0.2, 0.25) is 0 Å². The fourth-order valence-electron chi connectivity index (χ4n) is 2.46. The maximum atomic E-state index is 11.7. The van der Waals surface area contributed by atoms with E-state index in [-0.39, 0.29) is 29.1 Å². The Morgan fingerprint density at radius 1 is 1.36 bits per heavy atom. The minimum absolute atomic E-state index is 0.0771. The molecular formula is C17H32O4Si. The van der Waals surface area contributed by atoms with Crippen LogP contribution >= 0.6 is 0 Å². The summed E-state index contributed by atoms with van der Waals surface area (Å²) >= 11 is 0. The van der Waals surface area contributed by atoms with Gasteiger partial charge in [0.25, 0.3) is 0 Å². The highest BCUT2D eigenvalue weighted by molar-refractivity contribution is 6.74. The average Bonchev–Trinajstić information content (AvgIpc) is 2.36. The van der Waals surface area contributed by atoms with Gasteiger partial charge in [-0.15, -0.1) is 0 Å². The van der Waals surface area contributed by atoms with Gasteiger partial charge < -0.3 is 13.9 Å². The third kappa shape index (κ3) is 4.35. The maximum absolute atomic E-state index is 11.7. The maximum Gasteiger partial charge on any atom is 0.509 e. The Morgan fingerprint density at radius 2 is 1.91 bits per heavy atom. The Morgan fingerprint density at radius 3 is 2.36 bits per heavy atom. The molecule has 0 N–H and O–H groups in total. The zero-order valence-electron chi connectivity index (χ0n) is 15.4. The molecule has 0 aromatic heterocycles. The summed E-state index contributed by atoms with van der Waals surface area (Å²) in [5, 5.41) is 0.172. The lowest BCUT2D eigenvalue weighted by Gasteiger charge is -2.41. The number of ether oxygens (including phenoxy) is 2. The summed E-state index contributed by atoms with van der Waals surface area (Å²) in [6.45, 7) is 21.6. The summed E-state index contributed by atoms with van der Waals surface area (Å²) in [7, 11) is -1.80. The lowest BCUT2D eigenvalue weighted by atomic mass is 9.86. The van der Waals surface area contributed by atoms with Gasteiger partial charge in [-0.1, -0.05) is 41.2 Å². The lowest BCUT2D eigenvalue weighted by molar-refractivity contribution is -0.104. The quantitative estimate of drug-likeness (QED) is 0.414. The molecule has 1 fully saturated rings. The highest BCUT2D eigenvalue weighted by Crippen LogP contribution is 2.37. The van der Waals surface area contributed by atoms with Gasteiger partial charge in [-0.05, 0) is 30.6 Å². The van der Waals surface area contributed by atoms with Gasteiger partial charge >= 0.3 is 6.16 Å². The second-order valence-corrected chi connectivity index (χ2v) is 12.9. The largest absolute Gasteiger partial charge is 0.509 e. The molecule has 0 aromatic carbocycles. The molecule has 0 radical (unpaired) electrons. The van der Waals surface area contributed by atoms with Crippen molar-refractivity contribution in [3.8, 4) is 0 Å². The molecular weight excluding hydrogens is 296 g/mol. The normalized spacial score (nSPS) is 27.8. The molecule has 1 aliphatic rings. The van der Waals surface area contributed by atoms with Crippen molar-refractivity contribution in [3.05, 3.63) is 12.2 Å². The Hall–Kier alpha value is -0.813. The molecule has 1 rings (SSSR count). The molecule has 0 aromatic rings. The van der Waals surface area contributed by atoms with E-state index >= 15 is 0 Å². The van der Waals surface area contributed by atoms with E-state index in [2.05, 4.69) is 47.4 Å². The molecule has 0 amide bonds. The minimum Gasteiger partial charge on any atom is -0.430 e. The van der Waals surface area contributed by atoms with Crippen molar-refractivity contribution >= 4 is 14.5 Å². The van der Waals surface area contributed by atoms with Crippen molar-refractivity contribution in [3.63, 3.8) is 0 Å². The van der Waals surface area contributed by atoms with Crippen LogP contribution in [0.3, 0.4) is 0 Å². The van der Waals surface area contributed by atoms with Crippen LogP contribution in [-0.2, 0) is 13.9 Å². The summed E-state index contributed by atoms with van der Waals surface area (Å²) < 4.78 is 16.9. The molecule has 22 heavy (non-hydrogen) atoms. The van der Waals surface area contributed by atoms with Crippen LogP contribution in [0.4, 0.5) is 4.79 Å². The standard InChI is InChI=1S/C17H32O4Si/c1-11(2)14-13(4)15(21-16(18)20-14)12(3)10-19-22(8,9)17(5,6)7/h12-15H,1,10H2,2-9H3/t12-,13-,14-,15-/m1/s1. The van der Waals surface area contributed by atoms with Crippen LogP contribution in [0.15, 0.2) is 12.2 Å². The fraction of sp³-hybridized carbons (Fsp3) is 0.824. The van der Waals surface area contributed by atoms with Crippen LogP contribution in [0.1, 0.15) is 41.5 Å². The van der Waals surface area contributed by atoms with E-state index in [0.717, 1.165) is 5.57 Å². The monoisotopic (exact) mass is 328 g/mol. The predicted molar refractivity (Wildman–Crippen MR) is 91.4 cm³/mol. The lowest BCUT2D eigenvalue weighted by Crippen LogP contribution is -2.48. The van der Waals surface area contributed by atoms with Crippen molar-refractivity contribution in [2.24, 2.45) is 11.8 Å². The van der Waals surface area contributed by atoms with E-state index in [0.29, 0.717) is 6.61 Å². The van der Waals surface area contributed by atoms with Gasteiger partial charge in [-0.25, -0.2) is 4.79 Å². The molecule has 0 saturated carbocycles. The SMILES string of the molecule is C=C(C)[C@H]1OC(=O)O[C@H]([C@H](C)CO[Si](C)(C)C(C)(C)C)[C@@H]1C. The second kappa shape index (κ2) is 6.75. The first kappa shape index (κ1) is 19.2. The smallest absolute Gasteiger partial charge is 0.430 e.